The first-order valence-electron chi connectivity index (χ1n) is 5.09. The van der Waals surface area contributed by atoms with Gasteiger partial charge in [-0.25, -0.2) is 0 Å². The molecule has 1 aliphatic carbocycles. The maximum absolute atomic E-state index is 11.8. The van der Waals surface area contributed by atoms with Gasteiger partial charge in [-0.15, -0.1) is 0 Å². The standard InChI is InChI=1S/C11H16O2/c1-7(2)9-6-8-4-3-5-13-11(8)10(9)12/h7,9H,3-6H2,1-2H3. The highest BCUT2D eigenvalue weighted by atomic mass is 16.5. The van der Waals surface area contributed by atoms with Crippen LogP contribution in [0, 0.1) is 11.8 Å². The predicted molar refractivity (Wildman–Crippen MR) is 50.2 cm³/mol. The molecule has 2 heteroatoms. The summed E-state index contributed by atoms with van der Waals surface area (Å²) in [6.45, 7) is 4.96. The predicted octanol–water partition coefficient (Wildman–Crippen LogP) is 2.30. The molecule has 72 valence electrons. The third-order valence-electron chi connectivity index (χ3n) is 3.02. The van der Waals surface area contributed by atoms with Crippen molar-refractivity contribution >= 4 is 5.78 Å². The summed E-state index contributed by atoms with van der Waals surface area (Å²) in [5.41, 5.74) is 1.27. The summed E-state index contributed by atoms with van der Waals surface area (Å²) in [5, 5.41) is 0. The van der Waals surface area contributed by atoms with Crippen molar-refractivity contribution in [3.8, 4) is 0 Å². The molecule has 2 rings (SSSR count). The Bertz CT molecular complexity index is 263. The normalized spacial score (nSPS) is 27.9. The molecule has 0 bridgehead atoms. The molecule has 0 N–H and O–H groups in total. The largest absolute Gasteiger partial charge is 0.490 e. The first-order valence-corrected chi connectivity index (χ1v) is 5.09. The number of rotatable bonds is 1. The molecule has 1 atom stereocenters. The third-order valence-corrected chi connectivity index (χ3v) is 3.02. The van der Waals surface area contributed by atoms with Gasteiger partial charge in [0.25, 0.3) is 0 Å². The van der Waals surface area contributed by atoms with Gasteiger partial charge in [0.2, 0.25) is 5.78 Å². The van der Waals surface area contributed by atoms with E-state index in [9.17, 15) is 4.79 Å². The molecule has 2 nitrogen and oxygen atoms in total. The Labute approximate surface area is 79.0 Å². The summed E-state index contributed by atoms with van der Waals surface area (Å²) in [6, 6.07) is 0. The zero-order valence-corrected chi connectivity index (χ0v) is 8.30. The van der Waals surface area contributed by atoms with Crippen LogP contribution in [0.3, 0.4) is 0 Å². The molecule has 2 aliphatic rings. The van der Waals surface area contributed by atoms with E-state index in [1.54, 1.807) is 0 Å². The van der Waals surface area contributed by atoms with Crippen molar-refractivity contribution in [1.29, 1.82) is 0 Å². The topological polar surface area (TPSA) is 26.3 Å². The monoisotopic (exact) mass is 180 g/mol. The molecule has 0 aromatic rings. The maximum Gasteiger partial charge on any atom is 0.200 e. The molecule has 0 fully saturated rings. The number of carbonyl (C=O) groups is 1. The first kappa shape index (κ1) is 8.79. The number of hydrogen-bond donors (Lipinski definition) is 0. The minimum Gasteiger partial charge on any atom is -0.490 e. The second kappa shape index (κ2) is 3.17. The van der Waals surface area contributed by atoms with E-state index in [2.05, 4.69) is 13.8 Å². The Morgan fingerprint density at radius 3 is 2.85 bits per heavy atom. The third kappa shape index (κ3) is 1.38. The van der Waals surface area contributed by atoms with Crippen LogP contribution < -0.4 is 0 Å². The molecular weight excluding hydrogens is 164 g/mol. The van der Waals surface area contributed by atoms with Crippen molar-refractivity contribution in [3.05, 3.63) is 11.3 Å². The van der Waals surface area contributed by atoms with Crippen molar-refractivity contribution < 1.29 is 9.53 Å². The minimum atomic E-state index is 0.197. The molecule has 1 aliphatic heterocycles. The molecule has 0 spiro atoms. The highest BCUT2D eigenvalue weighted by molar-refractivity contribution is 5.99. The molecule has 0 saturated carbocycles. The number of hydrogen-bond acceptors (Lipinski definition) is 2. The van der Waals surface area contributed by atoms with Crippen LogP contribution in [-0.2, 0) is 9.53 Å². The van der Waals surface area contributed by atoms with Gasteiger partial charge in [0.05, 0.1) is 6.61 Å². The summed E-state index contributed by atoms with van der Waals surface area (Å²) in [7, 11) is 0. The van der Waals surface area contributed by atoms with Crippen molar-refractivity contribution in [2.45, 2.75) is 33.1 Å². The maximum atomic E-state index is 11.8. The fourth-order valence-corrected chi connectivity index (χ4v) is 2.18. The molecule has 0 radical (unpaired) electrons. The molecule has 0 aromatic carbocycles. The summed E-state index contributed by atoms with van der Waals surface area (Å²) in [4.78, 5) is 11.8. The molecule has 1 heterocycles. The zero-order valence-electron chi connectivity index (χ0n) is 8.30. The highest BCUT2D eigenvalue weighted by Crippen LogP contribution is 2.37. The van der Waals surface area contributed by atoms with Gasteiger partial charge in [-0.3, -0.25) is 4.79 Å². The van der Waals surface area contributed by atoms with Gasteiger partial charge in [-0.05, 0) is 30.8 Å². The molecule has 0 amide bonds. The lowest BCUT2D eigenvalue weighted by molar-refractivity contribution is -0.122. The van der Waals surface area contributed by atoms with Crippen LogP contribution in [0.4, 0.5) is 0 Å². The summed E-state index contributed by atoms with van der Waals surface area (Å²) in [6.07, 6.45) is 3.10. The second-order valence-corrected chi connectivity index (χ2v) is 4.30. The summed E-state index contributed by atoms with van der Waals surface area (Å²) < 4.78 is 5.42. The van der Waals surface area contributed by atoms with Crippen LogP contribution in [0.5, 0.6) is 0 Å². The lowest BCUT2D eigenvalue weighted by Gasteiger charge is -2.13. The fraction of sp³-hybridized carbons (Fsp3) is 0.727. The lowest BCUT2D eigenvalue weighted by Crippen LogP contribution is -2.17. The van der Waals surface area contributed by atoms with E-state index in [4.69, 9.17) is 4.74 Å². The summed E-state index contributed by atoms with van der Waals surface area (Å²) in [5.74, 6) is 1.61. The quantitative estimate of drug-likeness (QED) is 0.619. The Morgan fingerprint density at radius 1 is 1.46 bits per heavy atom. The minimum absolute atomic E-state index is 0.197. The second-order valence-electron chi connectivity index (χ2n) is 4.30. The molecule has 0 saturated heterocycles. The van der Waals surface area contributed by atoms with E-state index in [0.29, 0.717) is 11.7 Å². The van der Waals surface area contributed by atoms with Gasteiger partial charge < -0.3 is 4.74 Å². The van der Waals surface area contributed by atoms with Crippen LogP contribution in [0.1, 0.15) is 33.1 Å². The number of carbonyl (C=O) groups excluding carboxylic acids is 1. The Kier molecular flexibility index (Phi) is 2.14. The molecule has 0 aromatic heterocycles. The number of ether oxygens (including phenoxy) is 1. The molecule has 13 heavy (non-hydrogen) atoms. The van der Waals surface area contributed by atoms with Crippen LogP contribution in [0.2, 0.25) is 0 Å². The Hall–Kier alpha value is -0.790. The van der Waals surface area contributed by atoms with Crippen LogP contribution in [-0.4, -0.2) is 12.4 Å². The van der Waals surface area contributed by atoms with Crippen molar-refractivity contribution in [2.75, 3.05) is 6.61 Å². The SMILES string of the molecule is CC(C)C1CC2=C(OCCC2)C1=O. The van der Waals surface area contributed by atoms with E-state index in [0.717, 1.165) is 25.9 Å². The van der Waals surface area contributed by atoms with Gasteiger partial charge in [-0.2, -0.15) is 0 Å². The van der Waals surface area contributed by atoms with Gasteiger partial charge in [0.15, 0.2) is 5.76 Å². The van der Waals surface area contributed by atoms with Crippen LogP contribution in [0.15, 0.2) is 11.3 Å². The van der Waals surface area contributed by atoms with E-state index < -0.39 is 0 Å². The van der Waals surface area contributed by atoms with Crippen LogP contribution >= 0.6 is 0 Å². The van der Waals surface area contributed by atoms with Crippen molar-refractivity contribution in [1.82, 2.24) is 0 Å². The number of ketones is 1. The van der Waals surface area contributed by atoms with E-state index in [1.165, 1.54) is 5.57 Å². The Balaban J connectivity index is 2.19. The van der Waals surface area contributed by atoms with E-state index in [-0.39, 0.29) is 11.7 Å². The van der Waals surface area contributed by atoms with E-state index >= 15 is 0 Å². The van der Waals surface area contributed by atoms with Crippen molar-refractivity contribution in [3.63, 3.8) is 0 Å². The first-order chi connectivity index (χ1) is 6.20. The zero-order chi connectivity index (χ0) is 9.42. The highest BCUT2D eigenvalue weighted by Gasteiger charge is 2.37. The smallest absolute Gasteiger partial charge is 0.200 e. The van der Waals surface area contributed by atoms with Crippen molar-refractivity contribution in [2.24, 2.45) is 11.8 Å². The van der Waals surface area contributed by atoms with E-state index in [1.807, 2.05) is 0 Å². The number of allylic oxidation sites excluding steroid dienone is 2. The average molecular weight is 180 g/mol. The van der Waals surface area contributed by atoms with Gasteiger partial charge in [0, 0.05) is 5.92 Å². The van der Waals surface area contributed by atoms with Crippen LogP contribution in [0.25, 0.3) is 0 Å². The Morgan fingerprint density at radius 2 is 2.23 bits per heavy atom. The number of Topliss-reactive ketones (excluding diaryl/α,β-unsaturated/α-hetero) is 1. The average Bonchev–Trinajstić information content (AvgIpc) is 2.45. The lowest BCUT2D eigenvalue weighted by atomic mass is 9.91. The molecule has 1 unspecified atom stereocenters. The van der Waals surface area contributed by atoms with Gasteiger partial charge in [-0.1, -0.05) is 13.8 Å². The fourth-order valence-electron chi connectivity index (χ4n) is 2.18. The summed E-state index contributed by atoms with van der Waals surface area (Å²) >= 11 is 0. The van der Waals surface area contributed by atoms with Gasteiger partial charge >= 0.3 is 0 Å². The van der Waals surface area contributed by atoms with Gasteiger partial charge in [0.1, 0.15) is 0 Å². The molecular formula is C11H16O2.